The molecular weight excluding hydrogens is 354 g/mol. The van der Waals surface area contributed by atoms with E-state index in [0.29, 0.717) is 12.2 Å². The zero-order valence-electron chi connectivity index (χ0n) is 14.5. The normalized spacial score (nSPS) is 20.1. The lowest BCUT2D eigenvalue weighted by molar-refractivity contribution is -0.886. The Labute approximate surface area is 155 Å². The minimum Gasteiger partial charge on any atom is -0.395 e. The maximum Gasteiger partial charge on any atom is 0.586 e. The number of benzene rings is 2. The van der Waals surface area contributed by atoms with Crippen LogP contribution in [0, 0.1) is 0 Å². The first kappa shape index (κ1) is 17.5. The van der Waals surface area contributed by atoms with Crippen molar-refractivity contribution in [3.8, 4) is 11.5 Å². The van der Waals surface area contributed by atoms with E-state index in [1.807, 2.05) is 18.2 Å². The summed E-state index contributed by atoms with van der Waals surface area (Å²) in [7, 11) is 0. The van der Waals surface area contributed by atoms with Crippen LogP contribution < -0.4 is 19.7 Å². The van der Waals surface area contributed by atoms with Gasteiger partial charge in [0.1, 0.15) is 0 Å². The van der Waals surface area contributed by atoms with Gasteiger partial charge in [0.25, 0.3) is 5.91 Å². The average molecular weight is 373 g/mol. The van der Waals surface area contributed by atoms with Gasteiger partial charge >= 0.3 is 6.29 Å². The Balaban J connectivity index is 1.33. The zero-order valence-corrected chi connectivity index (χ0v) is 14.5. The van der Waals surface area contributed by atoms with Gasteiger partial charge in [-0.05, 0) is 29.3 Å². The predicted molar refractivity (Wildman–Crippen MR) is 95.9 cm³/mol. The molecule has 0 aliphatic carbocycles. The molecule has 2 aromatic carbocycles. The highest BCUT2D eigenvalue weighted by molar-refractivity contribution is 5.91. The third kappa shape index (κ3) is 4.09. The number of hydrogen-bond acceptors (Lipinski definition) is 3. The van der Waals surface area contributed by atoms with Crippen molar-refractivity contribution in [1.29, 1.82) is 0 Å². The molecule has 0 saturated carbocycles. The quantitative estimate of drug-likeness (QED) is 0.865. The van der Waals surface area contributed by atoms with E-state index in [2.05, 4.69) is 33.0 Å². The molecule has 140 valence electrons. The largest absolute Gasteiger partial charge is 0.586 e. The summed E-state index contributed by atoms with van der Waals surface area (Å²) in [6, 6.07) is 14.4. The van der Waals surface area contributed by atoms with Crippen LogP contribution in [-0.4, -0.2) is 31.8 Å². The van der Waals surface area contributed by atoms with E-state index in [-0.39, 0.29) is 17.4 Å². The molecule has 1 unspecified atom stereocenters. The van der Waals surface area contributed by atoms with Crippen LogP contribution in [0.25, 0.3) is 5.57 Å². The molecular formula is C20H19F2N2O3+. The number of ether oxygens (including phenoxy) is 2. The Hall–Kier alpha value is -2.93. The highest BCUT2D eigenvalue weighted by Crippen LogP contribution is 2.42. The summed E-state index contributed by atoms with van der Waals surface area (Å²) < 4.78 is 34.9. The molecule has 4 rings (SSSR count). The molecule has 0 bridgehead atoms. The first-order valence-corrected chi connectivity index (χ1v) is 8.76. The smallest absolute Gasteiger partial charge is 0.395 e. The highest BCUT2D eigenvalue weighted by atomic mass is 19.3. The minimum atomic E-state index is -3.66. The van der Waals surface area contributed by atoms with Crippen molar-refractivity contribution in [2.45, 2.75) is 12.7 Å². The monoisotopic (exact) mass is 373 g/mol. The Morgan fingerprint density at radius 1 is 1.11 bits per heavy atom. The number of nitrogens with one attached hydrogen (secondary N) is 2. The first-order valence-electron chi connectivity index (χ1n) is 8.76. The van der Waals surface area contributed by atoms with Gasteiger partial charge in [-0.1, -0.05) is 30.3 Å². The van der Waals surface area contributed by atoms with Crippen molar-refractivity contribution in [1.82, 2.24) is 0 Å². The number of rotatable bonds is 4. The number of alkyl halides is 2. The van der Waals surface area contributed by atoms with E-state index in [4.69, 9.17) is 0 Å². The molecule has 0 aromatic heterocycles. The van der Waals surface area contributed by atoms with Crippen LogP contribution in [0.2, 0.25) is 0 Å². The van der Waals surface area contributed by atoms with Crippen LogP contribution in [0.4, 0.5) is 14.5 Å². The highest BCUT2D eigenvalue weighted by Gasteiger charge is 2.43. The Kier molecular flexibility index (Phi) is 4.53. The number of halogens is 2. The molecule has 7 heteroatoms. The summed E-state index contributed by atoms with van der Waals surface area (Å²) in [5.74, 6) is -0.302. The number of carbonyl (C=O) groups excluding carboxylic acids is 1. The molecule has 1 atom stereocenters. The van der Waals surface area contributed by atoms with Gasteiger partial charge in [-0.3, -0.25) is 4.79 Å². The summed E-state index contributed by atoms with van der Waals surface area (Å²) in [4.78, 5) is 13.4. The van der Waals surface area contributed by atoms with Crippen LogP contribution in [-0.2, 0) is 4.79 Å². The van der Waals surface area contributed by atoms with Gasteiger partial charge in [-0.2, -0.15) is 0 Å². The van der Waals surface area contributed by atoms with E-state index in [0.717, 1.165) is 24.4 Å². The lowest BCUT2D eigenvalue weighted by Crippen LogP contribution is -3.13. The zero-order chi connectivity index (χ0) is 18.9. The number of anilines is 1. The van der Waals surface area contributed by atoms with Crippen molar-refractivity contribution in [3.05, 3.63) is 60.2 Å². The van der Waals surface area contributed by atoms with Crippen molar-refractivity contribution in [3.63, 3.8) is 0 Å². The van der Waals surface area contributed by atoms with Gasteiger partial charge in [0, 0.05) is 18.2 Å². The van der Waals surface area contributed by atoms with Crippen LogP contribution in [0.3, 0.4) is 0 Å². The molecule has 2 N–H and O–H groups in total. The summed E-state index contributed by atoms with van der Waals surface area (Å²) in [5.41, 5.74) is 2.92. The molecule has 0 saturated heterocycles. The van der Waals surface area contributed by atoms with Crippen molar-refractivity contribution < 1.29 is 27.9 Å². The molecule has 0 spiro atoms. The first-order chi connectivity index (χ1) is 13.0. The Morgan fingerprint density at radius 2 is 1.89 bits per heavy atom. The van der Waals surface area contributed by atoms with Crippen molar-refractivity contribution in [2.24, 2.45) is 0 Å². The fraction of sp³-hybridized carbons (Fsp3) is 0.250. The second kappa shape index (κ2) is 7.00. The van der Waals surface area contributed by atoms with E-state index < -0.39 is 6.29 Å². The number of quaternary nitrogens is 1. The number of fused-ring (bicyclic) bond motifs is 1. The van der Waals surface area contributed by atoms with E-state index >= 15 is 0 Å². The second-order valence-corrected chi connectivity index (χ2v) is 6.60. The van der Waals surface area contributed by atoms with E-state index in [1.54, 1.807) is 0 Å². The summed E-state index contributed by atoms with van der Waals surface area (Å²) in [6.45, 7) is 1.94. The maximum atomic E-state index is 13.1. The molecule has 2 aromatic rings. The topological polar surface area (TPSA) is 52.0 Å². The molecule has 2 heterocycles. The van der Waals surface area contributed by atoms with Gasteiger partial charge in [-0.25, -0.2) is 0 Å². The molecule has 2 aliphatic rings. The minimum absolute atomic E-state index is 0.0433. The third-order valence-corrected chi connectivity index (χ3v) is 4.63. The summed E-state index contributed by atoms with van der Waals surface area (Å²) in [5, 5.41) is 2.73. The summed E-state index contributed by atoms with van der Waals surface area (Å²) in [6.07, 6.45) is -0.582. The average Bonchev–Trinajstić information content (AvgIpc) is 2.96. The van der Waals surface area contributed by atoms with Gasteiger partial charge in [0.05, 0.1) is 13.1 Å². The SMILES string of the molecule is O=C(C[NH+]1CC=C(c2ccccc2)CC1)Nc1ccc2c(c1)OC(F)(F)O2. The molecule has 27 heavy (non-hydrogen) atoms. The second-order valence-electron chi connectivity index (χ2n) is 6.60. The van der Waals surface area contributed by atoms with Gasteiger partial charge in [-0.15, -0.1) is 8.78 Å². The Bertz CT molecular complexity index is 884. The third-order valence-electron chi connectivity index (χ3n) is 4.63. The predicted octanol–water partition coefficient (Wildman–Crippen LogP) is 2.32. The van der Waals surface area contributed by atoms with Crippen LogP contribution >= 0.6 is 0 Å². The maximum absolute atomic E-state index is 13.1. The molecule has 2 aliphatic heterocycles. The number of amides is 1. The molecule has 0 radical (unpaired) electrons. The fourth-order valence-corrected chi connectivity index (χ4v) is 3.32. The Morgan fingerprint density at radius 3 is 2.63 bits per heavy atom. The van der Waals surface area contributed by atoms with Crippen LogP contribution in [0.15, 0.2) is 54.6 Å². The van der Waals surface area contributed by atoms with E-state index in [1.165, 1.54) is 29.3 Å². The lowest BCUT2D eigenvalue weighted by atomic mass is 10.00. The van der Waals surface area contributed by atoms with Gasteiger partial charge in [0.15, 0.2) is 18.0 Å². The number of hydrogen-bond donors (Lipinski definition) is 2. The fourth-order valence-electron chi connectivity index (χ4n) is 3.32. The van der Waals surface area contributed by atoms with Crippen LogP contribution in [0.5, 0.6) is 11.5 Å². The van der Waals surface area contributed by atoms with Crippen molar-refractivity contribution in [2.75, 3.05) is 25.0 Å². The molecule has 0 fully saturated rings. The van der Waals surface area contributed by atoms with Gasteiger partial charge in [0.2, 0.25) is 0 Å². The number of carbonyl (C=O) groups is 1. The standard InChI is InChI=1S/C20H18F2N2O3/c21-20(22)26-17-7-6-16(12-18(17)27-20)23-19(25)13-24-10-8-15(9-11-24)14-4-2-1-3-5-14/h1-8,12H,9-11,13H2,(H,23,25)/p+1. The molecule has 1 amide bonds. The lowest BCUT2D eigenvalue weighted by Gasteiger charge is -2.23. The van der Waals surface area contributed by atoms with Crippen molar-refractivity contribution >= 4 is 17.2 Å². The van der Waals surface area contributed by atoms with Crippen LogP contribution in [0.1, 0.15) is 12.0 Å². The summed E-state index contributed by atoms with van der Waals surface area (Å²) >= 11 is 0. The van der Waals surface area contributed by atoms with Gasteiger partial charge < -0.3 is 19.7 Å². The molecule has 5 nitrogen and oxygen atoms in total. The van der Waals surface area contributed by atoms with E-state index in [9.17, 15) is 13.6 Å².